The number of anilines is 1. The second-order valence-electron chi connectivity index (χ2n) is 8.36. The third-order valence-corrected chi connectivity index (χ3v) is 7.57. The van der Waals surface area contributed by atoms with Gasteiger partial charge in [-0.25, -0.2) is 14.0 Å². The van der Waals surface area contributed by atoms with Crippen molar-refractivity contribution < 1.29 is 4.21 Å². The third kappa shape index (κ3) is 3.19. The van der Waals surface area contributed by atoms with E-state index in [9.17, 15) is 4.21 Å². The number of hydrogen-bond donors (Lipinski definition) is 1. The van der Waals surface area contributed by atoms with Gasteiger partial charge in [-0.3, -0.25) is 0 Å². The molecule has 4 heterocycles. The summed E-state index contributed by atoms with van der Waals surface area (Å²) in [5.41, 5.74) is 3.28. The van der Waals surface area contributed by atoms with Crippen molar-refractivity contribution in [2.45, 2.75) is 62.4 Å². The molecule has 0 aliphatic carbocycles. The number of fused-ring (bicyclic) bond motifs is 3. The summed E-state index contributed by atoms with van der Waals surface area (Å²) in [6.45, 7) is 2.05. The number of nitrogens with zero attached hydrogens (tertiary/aromatic N) is 5. The Morgan fingerprint density at radius 1 is 1.14 bits per heavy atom. The van der Waals surface area contributed by atoms with E-state index in [2.05, 4.69) is 21.9 Å². The lowest BCUT2D eigenvalue weighted by Crippen LogP contribution is -2.41. The van der Waals surface area contributed by atoms with Crippen LogP contribution in [0.5, 0.6) is 0 Å². The number of nitrogens with one attached hydrogen (secondary N) is 1. The SMILES string of the molecule is Cc1nc2ncnn2c(N2C3CCCC2CC3)c1Cc1ccc(S(C)(=N)=O)cc1. The number of aromatic nitrogens is 4. The van der Waals surface area contributed by atoms with E-state index in [4.69, 9.17) is 9.76 Å². The summed E-state index contributed by atoms with van der Waals surface area (Å²) in [5, 5.41) is 4.52. The van der Waals surface area contributed by atoms with Gasteiger partial charge in [-0.2, -0.15) is 14.6 Å². The molecule has 152 valence electrons. The zero-order chi connectivity index (χ0) is 20.2. The largest absolute Gasteiger partial charge is 0.350 e. The Balaban J connectivity index is 1.61. The minimum absolute atomic E-state index is 0.567. The molecule has 0 radical (unpaired) electrons. The van der Waals surface area contributed by atoms with Crippen LogP contribution in [0.3, 0.4) is 0 Å². The van der Waals surface area contributed by atoms with Crippen LogP contribution in [0, 0.1) is 11.7 Å². The predicted molar refractivity (Wildman–Crippen MR) is 113 cm³/mol. The van der Waals surface area contributed by atoms with Gasteiger partial charge < -0.3 is 4.90 Å². The normalized spacial score (nSPS) is 23.4. The zero-order valence-corrected chi connectivity index (χ0v) is 17.7. The van der Waals surface area contributed by atoms with Crippen LogP contribution >= 0.6 is 0 Å². The highest BCUT2D eigenvalue weighted by Crippen LogP contribution is 2.41. The molecule has 2 saturated heterocycles. The summed E-state index contributed by atoms with van der Waals surface area (Å²) >= 11 is 0. The molecule has 3 unspecified atom stereocenters. The highest BCUT2D eigenvalue weighted by atomic mass is 32.2. The van der Waals surface area contributed by atoms with Crippen LogP contribution in [0.25, 0.3) is 5.78 Å². The van der Waals surface area contributed by atoms with E-state index in [0.717, 1.165) is 23.5 Å². The number of piperidine rings is 1. The fraction of sp³-hybridized carbons (Fsp3) is 0.476. The molecule has 1 N–H and O–H groups in total. The monoisotopic (exact) mass is 410 g/mol. The van der Waals surface area contributed by atoms with Crippen LogP contribution in [-0.4, -0.2) is 42.1 Å². The van der Waals surface area contributed by atoms with Gasteiger partial charge in [0.2, 0.25) is 0 Å². The Bertz CT molecular complexity index is 1150. The first-order chi connectivity index (χ1) is 13.9. The van der Waals surface area contributed by atoms with Gasteiger partial charge in [0.15, 0.2) is 0 Å². The van der Waals surface area contributed by atoms with Gasteiger partial charge in [-0.1, -0.05) is 12.1 Å². The van der Waals surface area contributed by atoms with Crippen LogP contribution in [0.15, 0.2) is 35.5 Å². The molecular weight excluding hydrogens is 384 g/mol. The Hall–Kier alpha value is -2.48. The lowest BCUT2D eigenvalue weighted by molar-refractivity contribution is 0.459. The smallest absolute Gasteiger partial charge is 0.254 e. The topological polar surface area (TPSA) is 87.2 Å². The van der Waals surface area contributed by atoms with E-state index < -0.39 is 9.73 Å². The average Bonchev–Trinajstić information content (AvgIpc) is 3.23. The minimum Gasteiger partial charge on any atom is -0.350 e. The highest BCUT2D eigenvalue weighted by Gasteiger charge is 2.39. The molecular formula is C21H26N6OS. The molecule has 3 atom stereocenters. The molecule has 2 fully saturated rings. The maximum atomic E-state index is 12.0. The standard InChI is InChI=1S/C21H26N6OS/c1-14-19(12-15-6-10-18(11-7-15)29(2,22)28)20(27-21(25-14)23-13-24-27)26-16-4-3-5-17(26)9-8-16/h6-7,10-11,13,16-17,22H,3-5,8-9,12H2,1-2H3. The third-order valence-electron chi connectivity index (χ3n) is 6.40. The first-order valence-electron chi connectivity index (χ1n) is 10.2. The fourth-order valence-corrected chi connectivity index (χ4v) is 5.63. The van der Waals surface area contributed by atoms with Crippen molar-refractivity contribution >= 4 is 21.3 Å². The van der Waals surface area contributed by atoms with Crippen molar-refractivity contribution in [3.8, 4) is 0 Å². The summed E-state index contributed by atoms with van der Waals surface area (Å²) in [4.78, 5) is 12.2. The van der Waals surface area contributed by atoms with Crippen LogP contribution in [0.2, 0.25) is 0 Å². The maximum Gasteiger partial charge on any atom is 0.254 e. The van der Waals surface area contributed by atoms with Gasteiger partial charge in [0, 0.05) is 40.9 Å². The van der Waals surface area contributed by atoms with Crippen molar-refractivity contribution in [2.24, 2.45) is 0 Å². The van der Waals surface area contributed by atoms with Crippen LogP contribution in [-0.2, 0) is 16.1 Å². The van der Waals surface area contributed by atoms with E-state index in [1.165, 1.54) is 43.9 Å². The molecule has 0 saturated carbocycles. The lowest BCUT2D eigenvalue weighted by Gasteiger charge is -2.38. The van der Waals surface area contributed by atoms with Crippen molar-refractivity contribution in [3.63, 3.8) is 0 Å². The molecule has 8 heteroatoms. The van der Waals surface area contributed by atoms with Gasteiger partial charge in [-0.15, -0.1) is 0 Å². The van der Waals surface area contributed by atoms with E-state index in [1.807, 2.05) is 28.8 Å². The van der Waals surface area contributed by atoms with Crippen LogP contribution < -0.4 is 4.90 Å². The molecule has 7 nitrogen and oxygen atoms in total. The molecule has 2 bridgehead atoms. The molecule has 0 amide bonds. The van der Waals surface area contributed by atoms with Gasteiger partial charge >= 0.3 is 0 Å². The number of benzene rings is 1. The Morgan fingerprint density at radius 2 is 1.83 bits per heavy atom. The van der Waals surface area contributed by atoms with E-state index in [1.54, 1.807) is 6.33 Å². The molecule has 2 aliphatic rings. The van der Waals surface area contributed by atoms with E-state index >= 15 is 0 Å². The van der Waals surface area contributed by atoms with Gasteiger partial charge in [0.05, 0.1) is 9.73 Å². The van der Waals surface area contributed by atoms with Crippen molar-refractivity contribution in [1.29, 1.82) is 4.78 Å². The second-order valence-corrected chi connectivity index (χ2v) is 10.5. The lowest BCUT2D eigenvalue weighted by atomic mass is 9.99. The Labute approximate surface area is 171 Å². The molecule has 5 rings (SSSR count). The van der Waals surface area contributed by atoms with Crippen molar-refractivity contribution in [2.75, 3.05) is 11.2 Å². The fourth-order valence-electron chi connectivity index (χ4n) is 4.97. The molecule has 29 heavy (non-hydrogen) atoms. The second kappa shape index (κ2) is 6.79. The average molecular weight is 411 g/mol. The summed E-state index contributed by atoms with van der Waals surface area (Å²) in [6, 6.07) is 8.71. The van der Waals surface area contributed by atoms with Crippen molar-refractivity contribution in [3.05, 3.63) is 47.4 Å². The molecule has 3 aromatic rings. The molecule has 0 spiro atoms. The summed E-state index contributed by atoms with van der Waals surface area (Å²) in [7, 11) is -2.70. The molecule has 1 aromatic carbocycles. The first-order valence-corrected chi connectivity index (χ1v) is 12.2. The van der Waals surface area contributed by atoms with Crippen LogP contribution in [0.4, 0.5) is 5.82 Å². The number of hydrogen-bond acceptors (Lipinski definition) is 6. The summed E-state index contributed by atoms with van der Waals surface area (Å²) in [6.07, 6.45) is 10.0. The minimum atomic E-state index is -2.70. The van der Waals surface area contributed by atoms with E-state index in [-0.39, 0.29) is 0 Å². The summed E-state index contributed by atoms with van der Waals surface area (Å²) < 4.78 is 21.7. The molecule has 2 aliphatic heterocycles. The van der Waals surface area contributed by atoms with E-state index in [0.29, 0.717) is 22.8 Å². The van der Waals surface area contributed by atoms with Gasteiger partial charge in [0.25, 0.3) is 5.78 Å². The maximum absolute atomic E-state index is 12.0. The zero-order valence-electron chi connectivity index (χ0n) is 16.8. The number of rotatable bonds is 4. The summed E-state index contributed by atoms with van der Waals surface area (Å²) in [5.74, 6) is 1.79. The highest BCUT2D eigenvalue weighted by molar-refractivity contribution is 7.91. The quantitative estimate of drug-likeness (QED) is 0.710. The van der Waals surface area contributed by atoms with Crippen molar-refractivity contribution in [1.82, 2.24) is 19.6 Å². The van der Waals surface area contributed by atoms with Gasteiger partial charge in [-0.05, 0) is 56.7 Å². The number of aryl methyl sites for hydroxylation is 1. The Morgan fingerprint density at radius 3 is 2.48 bits per heavy atom. The Kier molecular flexibility index (Phi) is 4.34. The van der Waals surface area contributed by atoms with Gasteiger partial charge in [0.1, 0.15) is 12.1 Å². The van der Waals surface area contributed by atoms with Crippen LogP contribution in [0.1, 0.15) is 48.9 Å². The molecule has 2 aromatic heterocycles. The first kappa shape index (κ1) is 18.5. The predicted octanol–water partition coefficient (Wildman–Crippen LogP) is 3.58.